The normalized spacial score (nSPS) is 13.6. The van der Waals surface area contributed by atoms with E-state index in [2.05, 4.69) is 53.5 Å². The molecule has 15 heavy (non-hydrogen) atoms. The smallest absolute Gasteiger partial charge is 0.0122 e. The lowest BCUT2D eigenvalue weighted by atomic mass is 9.85. The van der Waals surface area contributed by atoms with Gasteiger partial charge in [0.05, 0.1) is 0 Å². The van der Waals surface area contributed by atoms with Crippen LogP contribution in [0.4, 0.5) is 0 Å². The highest BCUT2D eigenvalue weighted by molar-refractivity contribution is 4.79. The molecule has 0 aromatic carbocycles. The number of hydrogen-bond donors (Lipinski definition) is 0. The van der Waals surface area contributed by atoms with Crippen LogP contribution in [-0.2, 0) is 0 Å². The van der Waals surface area contributed by atoms with Gasteiger partial charge in [-0.05, 0) is 39.7 Å². The molecule has 0 fully saturated rings. The van der Waals surface area contributed by atoms with Crippen LogP contribution in [0.5, 0.6) is 0 Å². The highest BCUT2D eigenvalue weighted by Crippen LogP contribution is 2.27. The molecule has 0 radical (unpaired) electrons. The third-order valence-corrected chi connectivity index (χ3v) is 3.27. The summed E-state index contributed by atoms with van der Waals surface area (Å²) in [5.41, 5.74) is 0.749. The second kappa shape index (κ2) is 5.89. The molecule has 0 aliphatic heterocycles. The summed E-state index contributed by atoms with van der Waals surface area (Å²) in [5.74, 6) is 0. The molecule has 0 atom stereocenters. The van der Waals surface area contributed by atoms with E-state index in [9.17, 15) is 0 Å². The molecule has 0 N–H and O–H groups in total. The van der Waals surface area contributed by atoms with Gasteiger partial charge in [-0.1, -0.05) is 40.0 Å². The van der Waals surface area contributed by atoms with E-state index in [4.69, 9.17) is 0 Å². The van der Waals surface area contributed by atoms with Gasteiger partial charge in [-0.3, -0.25) is 0 Å². The number of hydrogen-bond acceptors (Lipinski definition) is 1. The minimum absolute atomic E-state index is 0.294. The highest BCUT2D eigenvalue weighted by Gasteiger charge is 2.25. The Bertz CT molecular complexity index is 165. The van der Waals surface area contributed by atoms with E-state index in [1.807, 2.05) is 0 Å². The van der Waals surface area contributed by atoms with Crippen molar-refractivity contribution >= 4 is 0 Å². The first-order chi connectivity index (χ1) is 6.69. The lowest BCUT2D eigenvalue weighted by molar-refractivity contribution is 0.108. The first-order valence-corrected chi connectivity index (χ1v) is 6.40. The molecule has 0 saturated carbocycles. The van der Waals surface area contributed by atoms with Gasteiger partial charge < -0.3 is 4.90 Å². The molecule has 1 heteroatoms. The fourth-order valence-electron chi connectivity index (χ4n) is 1.81. The second-order valence-electron chi connectivity index (χ2n) is 6.65. The summed E-state index contributed by atoms with van der Waals surface area (Å²) in [5, 5.41) is 0. The quantitative estimate of drug-likeness (QED) is 0.594. The van der Waals surface area contributed by atoms with Crippen LogP contribution in [0.25, 0.3) is 0 Å². The number of unbranched alkanes of at least 4 members (excludes halogenated alkanes) is 2. The molecule has 0 aliphatic rings. The molecular weight excluding hydrogens is 182 g/mol. The molecule has 0 unspecified atom stereocenters. The summed E-state index contributed by atoms with van der Waals surface area (Å²) in [6, 6.07) is 0. The maximum atomic E-state index is 2.47. The molecule has 92 valence electrons. The molecule has 1 nitrogen and oxygen atoms in total. The van der Waals surface area contributed by atoms with Gasteiger partial charge in [-0.25, -0.2) is 0 Å². The van der Waals surface area contributed by atoms with Crippen LogP contribution in [0.2, 0.25) is 0 Å². The lowest BCUT2D eigenvalue weighted by Gasteiger charge is -2.38. The van der Waals surface area contributed by atoms with Gasteiger partial charge >= 0.3 is 0 Å². The van der Waals surface area contributed by atoms with Gasteiger partial charge in [-0.2, -0.15) is 0 Å². The second-order valence-corrected chi connectivity index (χ2v) is 6.65. The monoisotopic (exact) mass is 213 g/mol. The molecule has 0 aromatic heterocycles. The van der Waals surface area contributed by atoms with Gasteiger partial charge in [-0.15, -0.1) is 0 Å². The van der Waals surface area contributed by atoms with Crippen molar-refractivity contribution in [1.29, 1.82) is 0 Å². The zero-order valence-corrected chi connectivity index (χ0v) is 12.0. The third kappa shape index (κ3) is 6.94. The largest absolute Gasteiger partial charge is 0.301 e. The number of rotatable bonds is 6. The van der Waals surface area contributed by atoms with E-state index < -0.39 is 0 Å². The van der Waals surface area contributed by atoms with Crippen molar-refractivity contribution in [1.82, 2.24) is 4.90 Å². The molecule has 0 saturated heterocycles. The van der Waals surface area contributed by atoms with Gasteiger partial charge in [0.2, 0.25) is 0 Å². The zero-order valence-electron chi connectivity index (χ0n) is 12.0. The predicted molar refractivity (Wildman–Crippen MR) is 70.3 cm³/mol. The van der Waals surface area contributed by atoms with Crippen molar-refractivity contribution < 1.29 is 0 Å². The Hall–Kier alpha value is -0.0400. The minimum atomic E-state index is 0.294. The third-order valence-electron chi connectivity index (χ3n) is 3.27. The molecule has 0 rings (SSSR count). The van der Waals surface area contributed by atoms with Gasteiger partial charge in [0, 0.05) is 12.1 Å². The molecule has 0 aromatic rings. The molecule has 0 spiro atoms. The van der Waals surface area contributed by atoms with Crippen LogP contribution in [0.15, 0.2) is 0 Å². The number of nitrogens with zero attached hydrogens (tertiary/aromatic N) is 1. The van der Waals surface area contributed by atoms with Crippen molar-refractivity contribution in [2.75, 3.05) is 13.6 Å². The van der Waals surface area contributed by atoms with Crippen LogP contribution >= 0.6 is 0 Å². The highest BCUT2D eigenvalue weighted by atomic mass is 15.2. The van der Waals surface area contributed by atoms with Gasteiger partial charge in [0.1, 0.15) is 0 Å². The van der Waals surface area contributed by atoms with E-state index in [0.717, 1.165) is 0 Å². The van der Waals surface area contributed by atoms with Crippen molar-refractivity contribution in [3.05, 3.63) is 0 Å². The molecular formula is C14H31N. The zero-order chi connectivity index (χ0) is 12.1. The van der Waals surface area contributed by atoms with E-state index in [0.29, 0.717) is 11.0 Å². The summed E-state index contributed by atoms with van der Waals surface area (Å²) in [4.78, 5) is 2.47. The Kier molecular flexibility index (Phi) is 5.87. The van der Waals surface area contributed by atoms with E-state index in [-0.39, 0.29) is 0 Å². The average molecular weight is 213 g/mol. The predicted octanol–water partition coefficient (Wildman–Crippen LogP) is 4.32. The first kappa shape index (κ1) is 15.0. The fourth-order valence-corrected chi connectivity index (χ4v) is 1.81. The standard InChI is InChI=1S/C14H31N/c1-8-9-10-11-14(5,6)12-15(7)13(2,3)4/h8-12H2,1-7H3. The van der Waals surface area contributed by atoms with Crippen LogP contribution in [0, 0.1) is 5.41 Å². The summed E-state index contributed by atoms with van der Waals surface area (Å²) < 4.78 is 0. The van der Waals surface area contributed by atoms with E-state index in [1.54, 1.807) is 0 Å². The molecule has 0 heterocycles. The van der Waals surface area contributed by atoms with Crippen LogP contribution in [-0.4, -0.2) is 24.0 Å². The lowest BCUT2D eigenvalue weighted by Crippen LogP contribution is -2.43. The minimum Gasteiger partial charge on any atom is -0.301 e. The summed E-state index contributed by atoms with van der Waals surface area (Å²) >= 11 is 0. The molecule has 0 aliphatic carbocycles. The molecule has 0 bridgehead atoms. The summed E-state index contributed by atoms with van der Waals surface area (Å²) in [6.45, 7) is 15.1. The van der Waals surface area contributed by atoms with Crippen molar-refractivity contribution in [2.24, 2.45) is 5.41 Å². The fraction of sp³-hybridized carbons (Fsp3) is 1.00. The Morgan fingerprint density at radius 2 is 1.47 bits per heavy atom. The van der Waals surface area contributed by atoms with E-state index in [1.165, 1.54) is 32.2 Å². The maximum absolute atomic E-state index is 2.47. The van der Waals surface area contributed by atoms with Gasteiger partial charge in [0.15, 0.2) is 0 Å². The average Bonchev–Trinajstić information content (AvgIpc) is 2.01. The summed E-state index contributed by atoms with van der Waals surface area (Å²) in [7, 11) is 2.24. The van der Waals surface area contributed by atoms with Crippen molar-refractivity contribution in [3.8, 4) is 0 Å². The Balaban J connectivity index is 4.02. The van der Waals surface area contributed by atoms with Crippen LogP contribution in [0.3, 0.4) is 0 Å². The Morgan fingerprint density at radius 1 is 0.933 bits per heavy atom. The molecule has 0 amide bonds. The Morgan fingerprint density at radius 3 is 1.87 bits per heavy atom. The van der Waals surface area contributed by atoms with E-state index >= 15 is 0 Å². The van der Waals surface area contributed by atoms with Gasteiger partial charge in [0.25, 0.3) is 0 Å². The summed E-state index contributed by atoms with van der Waals surface area (Å²) in [6.07, 6.45) is 5.43. The topological polar surface area (TPSA) is 3.24 Å². The SMILES string of the molecule is CCCCCC(C)(C)CN(C)C(C)(C)C. The Labute approximate surface area is 97.2 Å². The maximum Gasteiger partial charge on any atom is 0.0122 e. The van der Waals surface area contributed by atoms with Crippen LogP contribution < -0.4 is 0 Å². The first-order valence-electron chi connectivity index (χ1n) is 6.40. The van der Waals surface area contributed by atoms with Crippen molar-refractivity contribution in [2.45, 2.75) is 72.8 Å². The van der Waals surface area contributed by atoms with Crippen molar-refractivity contribution in [3.63, 3.8) is 0 Å². The van der Waals surface area contributed by atoms with Crippen LogP contribution in [0.1, 0.15) is 67.2 Å².